The van der Waals surface area contributed by atoms with Crippen molar-refractivity contribution in [3.8, 4) is 0 Å². The minimum atomic E-state index is 0. The van der Waals surface area contributed by atoms with Crippen LogP contribution in [0, 0.1) is 11.3 Å². The van der Waals surface area contributed by atoms with Crippen LogP contribution in [-0.4, -0.2) is 24.5 Å². The van der Waals surface area contributed by atoms with Gasteiger partial charge in [0.25, 0.3) is 0 Å². The van der Waals surface area contributed by atoms with Gasteiger partial charge in [0.15, 0.2) is 0 Å². The average molecular weight is 303 g/mol. The van der Waals surface area contributed by atoms with Crippen molar-refractivity contribution in [3.05, 3.63) is 0 Å². The highest BCUT2D eigenvalue weighted by Gasteiger charge is 2.35. The van der Waals surface area contributed by atoms with Gasteiger partial charge >= 0.3 is 0 Å². The lowest BCUT2D eigenvalue weighted by Crippen LogP contribution is -2.47. The maximum Gasteiger partial charge on any atom is 0.221 e. The first-order valence-electron chi connectivity index (χ1n) is 7.99. The summed E-state index contributed by atoms with van der Waals surface area (Å²) in [7, 11) is 0. The molecule has 1 saturated heterocycles. The number of halogens is 1. The van der Waals surface area contributed by atoms with Crippen LogP contribution in [0.2, 0.25) is 0 Å². The highest BCUT2D eigenvalue weighted by atomic mass is 35.5. The predicted octanol–water partition coefficient (Wildman–Crippen LogP) is 3.27. The van der Waals surface area contributed by atoms with Crippen molar-refractivity contribution < 1.29 is 4.79 Å². The maximum absolute atomic E-state index is 12.2. The third-order valence-corrected chi connectivity index (χ3v) is 4.82. The molecule has 4 heteroatoms. The van der Waals surface area contributed by atoms with Crippen molar-refractivity contribution in [1.29, 1.82) is 0 Å². The molecule has 2 rings (SSSR count). The third kappa shape index (κ3) is 4.92. The molecule has 0 spiro atoms. The molecule has 3 nitrogen and oxygen atoms in total. The topological polar surface area (TPSA) is 41.1 Å². The quantitative estimate of drug-likeness (QED) is 0.840. The number of carbonyl (C=O) groups excluding carboxylic acids is 1. The molecule has 1 saturated carbocycles. The van der Waals surface area contributed by atoms with E-state index in [4.69, 9.17) is 0 Å². The average Bonchev–Trinajstić information content (AvgIpc) is 2.81. The summed E-state index contributed by atoms with van der Waals surface area (Å²) in [4.78, 5) is 12.2. The molecule has 0 aromatic rings. The van der Waals surface area contributed by atoms with Crippen LogP contribution in [0.25, 0.3) is 0 Å². The first-order valence-corrected chi connectivity index (χ1v) is 7.99. The summed E-state index contributed by atoms with van der Waals surface area (Å²) in [6, 6.07) is 0.805. The largest absolute Gasteiger partial charge is 0.353 e. The van der Waals surface area contributed by atoms with E-state index in [-0.39, 0.29) is 18.3 Å². The lowest BCUT2D eigenvalue weighted by atomic mass is 9.69. The van der Waals surface area contributed by atoms with Crippen LogP contribution in [0.4, 0.5) is 0 Å². The summed E-state index contributed by atoms with van der Waals surface area (Å²) in [5.41, 5.74) is 0.296. The number of rotatable bonds is 3. The summed E-state index contributed by atoms with van der Waals surface area (Å²) in [6.45, 7) is 7.99. The van der Waals surface area contributed by atoms with Crippen molar-refractivity contribution in [2.24, 2.45) is 11.3 Å². The van der Waals surface area contributed by atoms with Gasteiger partial charge in [-0.1, -0.05) is 33.6 Å². The number of nitrogens with one attached hydrogen (secondary N) is 2. The molecule has 3 atom stereocenters. The molecule has 0 aromatic heterocycles. The zero-order valence-electron chi connectivity index (χ0n) is 13.2. The number of amides is 1. The zero-order chi connectivity index (χ0) is 13.9. The number of carbonyl (C=O) groups is 1. The van der Waals surface area contributed by atoms with Crippen LogP contribution in [0.15, 0.2) is 0 Å². The van der Waals surface area contributed by atoms with Gasteiger partial charge in [-0.3, -0.25) is 4.79 Å². The van der Waals surface area contributed by atoms with Gasteiger partial charge in [0, 0.05) is 18.5 Å². The fraction of sp³-hybridized carbons (Fsp3) is 0.938. The minimum Gasteiger partial charge on any atom is -0.353 e. The van der Waals surface area contributed by atoms with Crippen LogP contribution in [0.3, 0.4) is 0 Å². The normalized spacial score (nSPS) is 30.6. The fourth-order valence-electron chi connectivity index (χ4n) is 3.76. The van der Waals surface area contributed by atoms with Gasteiger partial charge in [-0.25, -0.2) is 0 Å². The van der Waals surface area contributed by atoms with Crippen molar-refractivity contribution >= 4 is 18.3 Å². The molecule has 1 aliphatic heterocycles. The number of hydrogen-bond acceptors (Lipinski definition) is 2. The second kappa shape index (κ2) is 7.65. The predicted molar refractivity (Wildman–Crippen MR) is 86.2 cm³/mol. The van der Waals surface area contributed by atoms with Crippen LogP contribution in [-0.2, 0) is 4.79 Å². The van der Waals surface area contributed by atoms with Gasteiger partial charge < -0.3 is 10.6 Å². The van der Waals surface area contributed by atoms with Crippen LogP contribution in [0.5, 0.6) is 0 Å². The van der Waals surface area contributed by atoms with Gasteiger partial charge in [0.2, 0.25) is 5.91 Å². The Morgan fingerprint density at radius 1 is 1.15 bits per heavy atom. The Labute approximate surface area is 130 Å². The van der Waals surface area contributed by atoms with Crippen molar-refractivity contribution in [2.75, 3.05) is 6.54 Å². The fourth-order valence-corrected chi connectivity index (χ4v) is 3.76. The lowest BCUT2D eigenvalue weighted by molar-refractivity contribution is -0.123. The van der Waals surface area contributed by atoms with E-state index in [1.54, 1.807) is 0 Å². The molecule has 1 aliphatic carbocycles. The van der Waals surface area contributed by atoms with Gasteiger partial charge in [-0.2, -0.15) is 0 Å². The Morgan fingerprint density at radius 3 is 2.45 bits per heavy atom. The summed E-state index contributed by atoms with van der Waals surface area (Å²) in [5.74, 6) is 0.877. The van der Waals surface area contributed by atoms with E-state index in [1.165, 1.54) is 25.7 Å². The van der Waals surface area contributed by atoms with Crippen LogP contribution in [0.1, 0.15) is 65.7 Å². The molecule has 0 radical (unpaired) electrons. The van der Waals surface area contributed by atoms with E-state index < -0.39 is 0 Å². The van der Waals surface area contributed by atoms with E-state index in [9.17, 15) is 4.79 Å². The van der Waals surface area contributed by atoms with Gasteiger partial charge in [0.1, 0.15) is 0 Å². The Hall–Kier alpha value is -0.280. The van der Waals surface area contributed by atoms with E-state index in [0.717, 1.165) is 19.4 Å². The Balaban J connectivity index is 0.00000200. The summed E-state index contributed by atoms with van der Waals surface area (Å²) in [5, 5.41) is 6.73. The summed E-state index contributed by atoms with van der Waals surface area (Å²) < 4.78 is 0. The molecule has 3 unspecified atom stereocenters. The second-order valence-corrected chi connectivity index (χ2v) is 7.43. The first-order chi connectivity index (χ1) is 8.97. The molecule has 2 N–H and O–H groups in total. The molecule has 20 heavy (non-hydrogen) atoms. The number of hydrogen-bond donors (Lipinski definition) is 2. The van der Waals surface area contributed by atoms with Crippen LogP contribution < -0.4 is 10.6 Å². The monoisotopic (exact) mass is 302 g/mol. The standard InChI is InChI=1S/C16H30N2O.ClH/c1-16(2,3)13-8-4-5-9-14(13)18-15(19)11-12-7-6-10-17-12;/h12-14,17H,4-11H2,1-3H3,(H,18,19);1H. The molecular weight excluding hydrogens is 272 g/mol. The molecule has 1 amide bonds. The minimum absolute atomic E-state index is 0. The Kier molecular flexibility index (Phi) is 6.80. The Bertz CT molecular complexity index is 308. The smallest absolute Gasteiger partial charge is 0.221 e. The van der Waals surface area contributed by atoms with E-state index in [1.807, 2.05) is 0 Å². The molecule has 2 aliphatic rings. The van der Waals surface area contributed by atoms with Crippen molar-refractivity contribution in [3.63, 3.8) is 0 Å². The first kappa shape index (κ1) is 17.8. The second-order valence-electron chi connectivity index (χ2n) is 7.43. The van der Waals surface area contributed by atoms with E-state index in [2.05, 4.69) is 31.4 Å². The molecule has 0 bridgehead atoms. The van der Waals surface area contributed by atoms with Gasteiger partial charge in [-0.05, 0) is 43.6 Å². The lowest BCUT2D eigenvalue weighted by Gasteiger charge is -2.40. The maximum atomic E-state index is 12.2. The summed E-state index contributed by atoms with van der Waals surface area (Å²) >= 11 is 0. The van der Waals surface area contributed by atoms with Crippen molar-refractivity contribution in [2.45, 2.75) is 77.8 Å². The third-order valence-electron chi connectivity index (χ3n) is 4.82. The molecule has 118 valence electrons. The molecule has 0 aromatic carbocycles. The van der Waals surface area contributed by atoms with Crippen molar-refractivity contribution in [1.82, 2.24) is 10.6 Å². The van der Waals surface area contributed by atoms with E-state index >= 15 is 0 Å². The highest BCUT2D eigenvalue weighted by Crippen LogP contribution is 2.38. The van der Waals surface area contributed by atoms with Gasteiger partial charge in [-0.15, -0.1) is 12.4 Å². The SMILES string of the molecule is CC(C)(C)C1CCCCC1NC(=O)CC1CCCN1.Cl. The van der Waals surface area contributed by atoms with Crippen LogP contribution >= 0.6 is 12.4 Å². The molecule has 2 fully saturated rings. The molecular formula is C16H31ClN2O. The van der Waals surface area contributed by atoms with E-state index in [0.29, 0.717) is 29.8 Å². The zero-order valence-corrected chi connectivity index (χ0v) is 14.0. The van der Waals surface area contributed by atoms with Gasteiger partial charge in [0.05, 0.1) is 0 Å². The highest BCUT2D eigenvalue weighted by molar-refractivity contribution is 5.85. The molecule has 1 heterocycles. The summed E-state index contributed by atoms with van der Waals surface area (Å²) in [6.07, 6.45) is 8.03. The Morgan fingerprint density at radius 2 is 1.85 bits per heavy atom.